The van der Waals surface area contributed by atoms with Crippen LogP contribution in [0.3, 0.4) is 0 Å². The van der Waals surface area contributed by atoms with Crippen LogP contribution in [0.1, 0.15) is 38.9 Å². The summed E-state index contributed by atoms with van der Waals surface area (Å²) in [6.07, 6.45) is 7.17. The van der Waals surface area contributed by atoms with Gasteiger partial charge in [-0.1, -0.05) is 31.6 Å². The molecule has 0 aliphatic carbocycles. The fourth-order valence-electron chi connectivity index (χ4n) is 2.26. The summed E-state index contributed by atoms with van der Waals surface area (Å²) < 4.78 is 25.0. The summed E-state index contributed by atoms with van der Waals surface area (Å²) in [7, 11) is 0. The zero-order valence-corrected chi connectivity index (χ0v) is 13.0. The molecule has 3 nitrogen and oxygen atoms in total. The topological polar surface area (TPSA) is 39.4 Å². The zero-order valence-electron chi connectivity index (χ0n) is 13.0. The Bertz CT molecular complexity index is 716. The van der Waals surface area contributed by atoms with Crippen LogP contribution in [0, 0.1) is 5.82 Å². The first-order chi connectivity index (χ1) is 10.7. The molecule has 1 heterocycles. The van der Waals surface area contributed by atoms with Crippen LogP contribution in [0.2, 0.25) is 0 Å². The molecule has 4 heteroatoms. The Balaban J connectivity index is 2.31. The van der Waals surface area contributed by atoms with Crippen molar-refractivity contribution in [3.8, 4) is 5.75 Å². The van der Waals surface area contributed by atoms with Crippen molar-refractivity contribution in [3.63, 3.8) is 0 Å². The summed E-state index contributed by atoms with van der Waals surface area (Å²) >= 11 is 0. The maximum absolute atomic E-state index is 14.4. The van der Waals surface area contributed by atoms with Crippen molar-refractivity contribution in [2.75, 3.05) is 6.61 Å². The Morgan fingerprint density at radius 1 is 1.36 bits per heavy atom. The van der Waals surface area contributed by atoms with E-state index in [9.17, 15) is 9.18 Å². The van der Waals surface area contributed by atoms with Crippen LogP contribution in [-0.2, 0) is 6.42 Å². The lowest BCUT2D eigenvalue weighted by atomic mass is 10.1. The van der Waals surface area contributed by atoms with Crippen LogP contribution in [0.25, 0.3) is 10.8 Å². The maximum atomic E-state index is 14.4. The molecule has 0 amide bonds. The molecule has 0 atom stereocenters. The van der Waals surface area contributed by atoms with E-state index in [4.69, 9.17) is 9.15 Å². The molecule has 0 saturated carbocycles. The SMILES string of the molecule is C/C=C/CCOc1ccc2cc(CCCC)oc(=O)c2c1F. The normalized spacial score (nSPS) is 11.4. The fraction of sp³-hybridized carbons (Fsp3) is 0.389. The Morgan fingerprint density at radius 3 is 2.91 bits per heavy atom. The van der Waals surface area contributed by atoms with Crippen molar-refractivity contribution in [2.45, 2.75) is 39.5 Å². The molecule has 22 heavy (non-hydrogen) atoms. The molecule has 0 radical (unpaired) electrons. The Kier molecular flexibility index (Phi) is 5.75. The largest absolute Gasteiger partial charge is 0.490 e. The molecule has 0 fully saturated rings. The quantitative estimate of drug-likeness (QED) is 0.553. The number of rotatable bonds is 7. The van der Waals surface area contributed by atoms with Gasteiger partial charge in [0.05, 0.1) is 6.61 Å². The van der Waals surface area contributed by atoms with Crippen molar-refractivity contribution in [2.24, 2.45) is 0 Å². The number of allylic oxidation sites excluding steroid dienone is 1. The van der Waals surface area contributed by atoms with E-state index in [1.807, 2.05) is 19.1 Å². The predicted octanol–water partition coefficient (Wildman–Crippen LogP) is 4.62. The van der Waals surface area contributed by atoms with E-state index in [1.165, 1.54) is 0 Å². The average molecular weight is 304 g/mol. The minimum absolute atomic E-state index is 0.0382. The fourth-order valence-corrected chi connectivity index (χ4v) is 2.26. The maximum Gasteiger partial charge on any atom is 0.346 e. The third-order valence-corrected chi connectivity index (χ3v) is 3.44. The van der Waals surface area contributed by atoms with Crippen LogP contribution in [-0.4, -0.2) is 6.61 Å². The third kappa shape index (κ3) is 3.75. The average Bonchev–Trinajstić information content (AvgIpc) is 2.51. The van der Waals surface area contributed by atoms with Gasteiger partial charge in [-0.3, -0.25) is 0 Å². The molecule has 118 valence electrons. The lowest BCUT2D eigenvalue weighted by Crippen LogP contribution is -2.06. The molecule has 0 N–H and O–H groups in total. The Morgan fingerprint density at radius 2 is 2.18 bits per heavy atom. The van der Waals surface area contributed by atoms with Crippen molar-refractivity contribution >= 4 is 10.8 Å². The Hall–Kier alpha value is -2.10. The van der Waals surface area contributed by atoms with Gasteiger partial charge in [-0.15, -0.1) is 0 Å². The lowest BCUT2D eigenvalue weighted by molar-refractivity contribution is 0.309. The van der Waals surface area contributed by atoms with E-state index in [1.54, 1.807) is 18.2 Å². The van der Waals surface area contributed by atoms with Gasteiger partial charge >= 0.3 is 5.63 Å². The molecule has 0 aliphatic rings. The minimum atomic E-state index is -0.645. The van der Waals surface area contributed by atoms with E-state index in [0.717, 1.165) is 12.8 Å². The van der Waals surface area contributed by atoms with Gasteiger partial charge in [0.1, 0.15) is 11.1 Å². The first-order valence-corrected chi connectivity index (χ1v) is 7.66. The standard InChI is InChI=1S/C18H21FO3/c1-3-5-7-11-21-15-10-9-13-12-14(8-6-4-2)22-18(20)16(13)17(15)19/h3,5,9-10,12H,4,6-8,11H2,1-2H3/b5-3+. The Labute approximate surface area is 129 Å². The van der Waals surface area contributed by atoms with Crippen LogP contribution in [0.5, 0.6) is 5.75 Å². The molecule has 1 aromatic carbocycles. The predicted molar refractivity (Wildman–Crippen MR) is 86.0 cm³/mol. The molecule has 0 bridgehead atoms. The highest BCUT2D eigenvalue weighted by Gasteiger charge is 2.14. The number of ether oxygens (including phenoxy) is 1. The molecular formula is C18H21FO3. The van der Waals surface area contributed by atoms with Gasteiger partial charge in [0.25, 0.3) is 0 Å². The summed E-state index contributed by atoms with van der Waals surface area (Å²) in [5, 5.41) is 0.518. The van der Waals surface area contributed by atoms with Crippen LogP contribution >= 0.6 is 0 Å². The number of aryl methyl sites for hydroxylation is 1. The number of hydrogen-bond donors (Lipinski definition) is 0. The van der Waals surface area contributed by atoms with Crippen LogP contribution in [0.15, 0.2) is 39.6 Å². The van der Waals surface area contributed by atoms with Gasteiger partial charge < -0.3 is 9.15 Å². The summed E-state index contributed by atoms with van der Waals surface area (Å²) in [6.45, 7) is 4.35. The van der Waals surface area contributed by atoms with E-state index in [0.29, 0.717) is 30.6 Å². The van der Waals surface area contributed by atoms with E-state index >= 15 is 0 Å². The van der Waals surface area contributed by atoms with Crippen molar-refractivity contribution in [1.29, 1.82) is 0 Å². The first kappa shape index (κ1) is 16.3. The molecule has 0 spiro atoms. The van der Waals surface area contributed by atoms with Gasteiger partial charge in [0, 0.05) is 6.42 Å². The third-order valence-electron chi connectivity index (χ3n) is 3.44. The first-order valence-electron chi connectivity index (χ1n) is 7.66. The minimum Gasteiger partial charge on any atom is -0.490 e. The highest BCUT2D eigenvalue weighted by atomic mass is 19.1. The number of fused-ring (bicyclic) bond motifs is 1. The molecule has 1 aromatic heterocycles. The lowest BCUT2D eigenvalue weighted by Gasteiger charge is -2.08. The highest BCUT2D eigenvalue weighted by Crippen LogP contribution is 2.25. The molecule has 0 unspecified atom stereocenters. The van der Waals surface area contributed by atoms with E-state index in [2.05, 4.69) is 6.92 Å². The van der Waals surface area contributed by atoms with E-state index in [-0.39, 0.29) is 11.1 Å². The van der Waals surface area contributed by atoms with Gasteiger partial charge in [-0.05, 0) is 37.3 Å². The van der Waals surface area contributed by atoms with Gasteiger partial charge in [-0.2, -0.15) is 0 Å². The molecule has 2 rings (SSSR count). The number of unbranched alkanes of at least 4 members (excludes halogenated alkanes) is 1. The van der Waals surface area contributed by atoms with Crippen molar-refractivity contribution in [1.82, 2.24) is 0 Å². The smallest absolute Gasteiger partial charge is 0.346 e. The second-order valence-corrected chi connectivity index (χ2v) is 5.15. The summed E-state index contributed by atoms with van der Waals surface area (Å²) in [5.41, 5.74) is -0.639. The monoisotopic (exact) mass is 304 g/mol. The number of halogens is 1. The second-order valence-electron chi connectivity index (χ2n) is 5.15. The second kappa shape index (κ2) is 7.78. The molecule has 2 aromatic rings. The molecule has 0 aliphatic heterocycles. The highest BCUT2D eigenvalue weighted by molar-refractivity contribution is 5.83. The van der Waals surface area contributed by atoms with Crippen LogP contribution in [0.4, 0.5) is 4.39 Å². The molecule has 0 saturated heterocycles. The zero-order chi connectivity index (χ0) is 15.9. The van der Waals surface area contributed by atoms with Crippen LogP contribution < -0.4 is 10.4 Å². The summed E-state index contributed by atoms with van der Waals surface area (Å²) in [4.78, 5) is 12.0. The van der Waals surface area contributed by atoms with Gasteiger partial charge in [0.2, 0.25) is 0 Å². The summed E-state index contributed by atoms with van der Waals surface area (Å²) in [6, 6.07) is 5.01. The van der Waals surface area contributed by atoms with Gasteiger partial charge in [-0.25, -0.2) is 9.18 Å². The summed E-state index contributed by atoms with van der Waals surface area (Å²) in [5.74, 6) is 0.0416. The van der Waals surface area contributed by atoms with Crippen molar-refractivity contribution < 1.29 is 13.5 Å². The van der Waals surface area contributed by atoms with Crippen molar-refractivity contribution in [3.05, 3.63) is 52.3 Å². The number of hydrogen-bond acceptors (Lipinski definition) is 3. The van der Waals surface area contributed by atoms with E-state index < -0.39 is 11.4 Å². The molecular weight excluding hydrogens is 283 g/mol. The number of benzene rings is 1. The van der Waals surface area contributed by atoms with Gasteiger partial charge in [0.15, 0.2) is 11.6 Å².